The van der Waals surface area contributed by atoms with Crippen LogP contribution in [0.2, 0.25) is 0 Å². The Morgan fingerprint density at radius 2 is 1.61 bits per heavy atom. The van der Waals surface area contributed by atoms with Crippen LogP contribution >= 0.6 is 0 Å². The molecule has 0 bridgehead atoms. The molecular formula is C37H43N7O10. The van der Waals surface area contributed by atoms with E-state index in [0.29, 0.717) is 30.8 Å². The van der Waals surface area contributed by atoms with Crippen LogP contribution in [0.25, 0.3) is 5.69 Å². The van der Waals surface area contributed by atoms with E-state index < -0.39 is 49.1 Å². The zero-order valence-corrected chi connectivity index (χ0v) is 29.9. The first-order valence-electron chi connectivity index (χ1n) is 17.9. The summed E-state index contributed by atoms with van der Waals surface area (Å²) < 4.78 is 12.4. The van der Waals surface area contributed by atoms with Crippen LogP contribution in [-0.2, 0) is 24.0 Å². The highest BCUT2D eigenvalue weighted by Gasteiger charge is 2.40. The van der Waals surface area contributed by atoms with Crippen molar-refractivity contribution in [1.29, 1.82) is 0 Å². The molecular weight excluding hydrogens is 702 g/mol. The Morgan fingerprint density at radius 1 is 0.926 bits per heavy atom. The first-order chi connectivity index (χ1) is 26.1. The van der Waals surface area contributed by atoms with Crippen molar-refractivity contribution in [2.45, 2.75) is 56.7 Å². The van der Waals surface area contributed by atoms with E-state index in [9.17, 15) is 33.9 Å². The molecule has 0 radical (unpaired) electrons. The summed E-state index contributed by atoms with van der Waals surface area (Å²) in [5.41, 5.74) is 0.399. The monoisotopic (exact) mass is 745 g/mol. The van der Waals surface area contributed by atoms with Gasteiger partial charge in [-0.15, -0.1) is 5.06 Å². The highest BCUT2D eigenvalue weighted by Crippen LogP contribution is 2.29. The number of carbonyl (C=O) groups is 6. The second-order valence-corrected chi connectivity index (χ2v) is 13.3. The van der Waals surface area contributed by atoms with Crippen LogP contribution in [-0.4, -0.2) is 135 Å². The molecule has 2 saturated heterocycles. The van der Waals surface area contributed by atoms with Crippen LogP contribution in [0.1, 0.15) is 49.0 Å². The fraction of sp³-hybridized carbons (Fsp3) is 0.432. The minimum atomic E-state index is -1.21. The van der Waals surface area contributed by atoms with Gasteiger partial charge in [-0.1, -0.05) is 36.4 Å². The Bertz CT molecular complexity index is 1830. The number of likely N-dealkylation sites (N-methyl/N-ethyl adjacent to an activating group) is 1. The molecule has 2 atom stereocenters. The van der Waals surface area contributed by atoms with Gasteiger partial charge in [-0.25, -0.2) is 9.48 Å². The van der Waals surface area contributed by atoms with E-state index in [1.54, 1.807) is 77.5 Å². The van der Waals surface area contributed by atoms with Crippen LogP contribution < -0.4 is 14.8 Å². The molecule has 17 heteroatoms. The number of benzene rings is 2. The molecule has 6 rings (SSSR count). The van der Waals surface area contributed by atoms with Gasteiger partial charge in [0.1, 0.15) is 17.8 Å². The molecule has 2 aromatic carbocycles. The summed E-state index contributed by atoms with van der Waals surface area (Å²) in [6.07, 6.45) is 1.68. The predicted molar refractivity (Wildman–Crippen MR) is 189 cm³/mol. The number of rotatable bonds is 14. The number of nitrogens with zero attached hydrogens (tertiary/aromatic N) is 6. The van der Waals surface area contributed by atoms with Crippen molar-refractivity contribution < 1.29 is 48.2 Å². The average Bonchev–Trinajstić information content (AvgIpc) is 3.75. The lowest BCUT2D eigenvalue weighted by Crippen LogP contribution is -2.55. The largest absolute Gasteiger partial charge is 0.533 e. The van der Waals surface area contributed by atoms with E-state index in [1.807, 2.05) is 0 Å². The Balaban J connectivity index is 1.10. The van der Waals surface area contributed by atoms with E-state index >= 15 is 0 Å². The number of ether oxygens (including phenoxy) is 2. The lowest BCUT2D eigenvalue weighted by Gasteiger charge is -2.35. The Hall–Kier alpha value is -5.97. The number of amides is 4. The third-order valence-electron chi connectivity index (χ3n) is 9.50. The summed E-state index contributed by atoms with van der Waals surface area (Å²) in [7, 11) is 1.77. The molecule has 0 spiro atoms. The van der Waals surface area contributed by atoms with E-state index in [4.69, 9.17) is 14.3 Å². The summed E-state index contributed by atoms with van der Waals surface area (Å²) in [4.78, 5) is 87.5. The number of carboxylic acid groups (broad SMARTS) is 1. The van der Waals surface area contributed by atoms with Gasteiger partial charge in [0.2, 0.25) is 17.7 Å². The normalized spacial score (nSPS) is 17.7. The maximum absolute atomic E-state index is 13.6. The fourth-order valence-electron chi connectivity index (χ4n) is 6.44. The number of likely N-dealkylation sites (tertiary alicyclic amines) is 1. The molecule has 4 amide bonds. The van der Waals surface area contributed by atoms with Crippen molar-refractivity contribution in [3.05, 3.63) is 72.4 Å². The number of carbonyl (C=O) groups excluding carboxylic acids is 5. The summed E-state index contributed by atoms with van der Waals surface area (Å²) in [5.74, 6) is -2.48. The Labute approximate surface area is 311 Å². The number of aliphatic carboxylic acids is 1. The lowest BCUT2D eigenvalue weighted by atomic mass is 10.1. The minimum absolute atomic E-state index is 0.0761. The van der Waals surface area contributed by atoms with Crippen molar-refractivity contribution in [3.8, 4) is 17.3 Å². The first kappa shape index (κ1) is 37.8. The van der Waals surface area contributed by atoms with Crippen molar-refractivity contribution >= 4 is 35.8 Å². The van der Waals surface area contributed by atoms with Crippen LogP contribution in [0.3, 0.4) is 0 Å². The molecule has 3 heterocycles. The summed E-state index contributed by atoms with van der Waals surface area (Å²) >= 11 is 0. The minimum Gasteiger partial charge on any atom is -0.481 e. The smallest absolute Gasteiger partial charge is 0.481 e. The second-order valence-electron chi connectivity index (χ2n) is 13.3. The van der Waals surface area contributed by atoms with Gasteiger partial charge in [0.25, 0.3) is 11.8 Å². The number of para-hydroxylation sites is 2. The van der Waals surface area contributed by atoms with Gasteiger partial charge in [0, 0.05) is 45.2 Å². The van der Waals surface area contributed by atoms with Crippen molar-refractivity contribution in [1.82, 2.24) is 34.9 Å². The molecule has 54 heavy (non-hydrogen) atoms. The Morgan fingerprint density at radius 3 is 2.28 bits per heavy atom. The van der Waals surface area contributed by atoms with Crippen LogP contribution in [0.4, 0.5) is 4.79 Å². The highest BCUT2D eigenvalue weighted by atomic mass is 16.8. The van der Waals surface area contributed by atoms with Crippen molar-refractivity contribution in [2.75, 3.05) is 46.4 Å². The molecule has 3 aromatic rings. The highest BCUT2D eigenvalue weighted by molar-refractivity contribution is 5.96. The standard InChI is InChI=1S/C37H43N7O10/c1-40(25-14-15-25)36(50)30-13-8-18-43(30)31(45)24-52-32-23-29(39-44(32)26-9-4-2-5-10-26)34(48)38-28(16-17-33(46)47)35(49)41-19-21-42(22-20-41)54-37(51)53-27-11-6-3-7-12-27/h2-7,9-12,23,25,28,30H,8,13-22,24H2,1H3,(H,38,48)(H,46,47)/t28-,30-/m0/s1. The van der Waals surface area contributed by atoms with Gasteiger partial charge in [0.15, 0.2) is 12.3 Å². The first-order valence-corrected chi connectivity index (χ1v) is 17.9. The molecule has 2 aliphatic heterocycles. The second kappa shape index (κ2) is 17.2. The number of piperazine rings is 1. The van der Waals surface area contributed by atoms with E-state index in [0.717, 1.165) is 12.8 Å². The number of aromatic nitrogens is 2. The molecule has 0 unspecified atom stereocenters. The molecule has 286 valence electrons. The molecule has 3 aliphatic rings. The average molecular weight is 746 g/mol. The summed E-state index contributed by atoms with van der Waals surface area (Å²) in [6, 6.07) is 17.0. The van der Waals surface area contributed by atoms with E-state index in [2.05, 4.69) is 10.4 Å². The van der Waals surface area contributed by atoms with Crippen molar-refractivity contribution in [2.24, 2.45) is 0 Å². The van der Waals surface area contributed by atoms with Gasteiger partial charge in [-0.05, 0) is 56.4 Å². The van der Waals surface area contributed by atoms with E-state index in [-0.39, 0.29) is 62.0 Å². The third kappa shape index (κ3) is 9.52. The fourth-order valence-corrected chi connectivity index (χ4v) is 6.44. The summed E-state index contributed by atoms with van der Waals surface area (Å²) in [5, 5.41) is 17.8. The zero-order chi connectivity index (χ0) is 38.2. The Kier molecular flexibility index (Phi) is 12.1. The lowest BCUT2D eigenvalue weighted by molar-refractivity contribution is -0.153. The molecule has 3 fully saturated rings. The van der Waals surface area contributed by atoms with Gasteiger partial charge in [-0.2, -0.15) is 5.10 Å². The van der Waals surface area contributed by atoms with Crippen molar-refractivity contribution in [3.63, 3.8) is 0 Å². The van der Waals surface area contributed by atoms with Crippen LogP contribution in [0.15, 0.2) is 66.7 Å². The van der Waals surface area contributed by atoms with Crippen LogP contribution in [0, 0.1) is 0 Å². The molecule has 1 aliphatic carbocycles. The van der Waals surface area contributed by atoms with Gasteiger partial charge in [0.05, 0.1) is 18.8 Å². The quantitative estimate of drug-likeness (QED) is 0.181. The molecule has 2 N–H and O–H groups in total. The number of hydrogen-bond acceptors (Lipinski definition) is 11. The van der Waals surface area contributed by atoms with Crippen LogP contribution in [0.5, 0.6) is 11.6 Å². The number of nitrogens with one attached hydrogen (secondary N) is 1. The zero-order valence-electron chi connectivity index (χ0n) is 29.9. The molecule has 17 nitrogen and oxygen atoms in total. The maximum Gasteiger partial charge on any atom is 0.533 e. The molecule has 1 aromatic heterocycles. The van der Waals surface area contributed by atoms with Gasteiger partial charge < -0.3 is 39.4 Å². The number of hydrogen-bond donors (Lipinski definition) is 2. The third-order valence-corrected chi connectivity index (χ3v) is 9.50. The number of carboxylic acids is 1. The maximum atomic E-state index is 13.6. The summed E-state index contributed by atoms with van der Waals surface area (Å²) in [6.45, 7) is 0.588. The molecule has 1 saturated carbocycles. The SMILES string of the molecule is CN(C(=O)[C@@H]1CCCN1C(=O)COc1cc(C(=O)N[C@@H](CCC(=O)O)C(=O)N2CCN(OC(=O)Oc3ccccc3)CC2)nn1-c1ccccc1)C1CC1. The van der Waals surface area contributed by atoms with Gasteiger partial charge >= 0.3 is 12.1 Å². The topological polar surface area (TPSA) is 193 Å². The van der Waals surface area contributed by atoms with E-state index in [1.165, 1.54) is 20.7 Å². The number of hydroxylamine groups is 2. The predicted octanol–water partition coefficient (Wildman–Crippen LogP) is 2.10. The van der Waals surface area contributed by atoms with Gasteiger partial charge in [-0.3, -0.25) is 24.0 Å².